The molecule has 1 heterocycles. The maximum absolute atomic E-state index is 10.1. The molecule has 0 aliphatic carbocycles. The lowest BCUT2D eigenvalue weighted by Crippen LogP contribution is -2.19. The molecule has 2 rings (SSSR count). The molecule has 0 bridgehead atoms. The van der Waals surface area contributed by atoms with E-state index in [1.165, 1.54) is 0 Å². The lowest BCUT2D eigenvalue weighted by molar-refractivity contribution is 0.0151. The van der Waals surface area contributed by atoms with E-state index in [4.69, 9.17) is 10.3 Å². The van der Waals surface area contributed by atoms with E-state index < -0.39 is 12.2 Å². The molecule has 2 unspecified atom stereocenters. The van der Waals surface area contributed by atoms with Gasteiger partial charge in [0.25, 0.3) is 0 Å². The van der Waals surface area contributed by atoms with Crippen LogP contribution in [0.4, 0.5) is 0 Å². The molecule has 1 aromatic heterocycles. The van der Waals surface area contributed by atoms with E-state index >= 15 is 0 Å². The number of hydrogen-bond donors (Lipinski definition) is 2. The van der Waals surface area contributed by atoms with Crippen LogP contribution in [0.5, 0.6) is 5.88 Å². The molecular weight excluding hydrogens is 272 g/mol. The third-order valence-corrected chi connectivity index (χ3v) is 3.19. The topological polar surface area (TPSA) is 111 Å². The summed E-state index contributed by atoms with van der Waals surface area (Å²) in [7, 11) is 1.55. The summed E-state index contributed by atoms with van der Waals surface area (Å²) in [5.74, 6) is 0.519. The molecule has 0 aliphatic heterocycles. The smallest absolute Gasteiger partial charge is 0.213 e. The van der Waals surface area contributed by atoms with Crippen molar-refractivity contribution >= 4 is 10.9 Å². The lowest BCUT2D eigenvalue weighted by atomic mass is 10.0. The van der Waals surface area contributed by atoms with E-state index in [9.17, 15) is 10.2 Å². The molecular formula is C14H16N4O3. The number of aliphatic hydroxyl groups excluding tert-OH is 2. The summed E-state index contributed by atoms with van der Waals surface area (Å²) in [6, 6.07) is 8.80. The molecule has 0 amide bonds. The van der Waals surface area contributed by atoms with Gasteiger partial charge in [-0.05, 0) is 35.7 Å². The van der Waals surface area contributed by atoms with Gasteiger partial charge in [-0.2, -0.15) is 0 Å². The maximum atomic E-state index is 10.1. The minimum Gasteiger partial charge on any atom is -0.481 e. The van der Waals surface area contributed by atoms with Gasteiger partial charge in [0.2, 0.25) is 5.88 Å². The first-order chi connectivity index (χ1) is 10.2. The van der Waals surface area contributed by atoms with E-state index in [1.807, 2.05) is 6.07 Å². The summed E-state index contributed by atoms with van der Waals surface area (Å²) in [6.45, 7) is 0.140. The Hall–Kier alpha value is -2.34. The third-order valence-electron chi connectivity index (χ3n) is 3.19. The van der Waals surface area contributed by atoms with Gasteiger partial charge in [0.05, 0.1) is 18.7 Å². The van der Waals surface area contributed by atoms with E-state index in [0.29, 0.717) is 11.4 Å². The zero-order valence-electron chi connectivity index (χ0n) is 11.5. The fraction of sp³-hybridized carbons (Fsp3) is 0.357. The van der Waals surface area contributed by atoms with Crippen molar-refractivity contribution in [3.63, 3.8) is 0 Å². The number of pyridine rings is 1. The number of nitrogens with zero attached hydrogens (tertiary/aromatic N) is 4. The number of ether oxygens (including phenoxy) is 1. The van der Waals surface area contributed by atoms with E-state index in [-0.39, 0.29) is 13.0 Å². The predicted octanol–water partition coefficient (Wildman–Crippen LogP) is 2.34. The minimum atomic E-state index is -1.04. The maximum Gasteiger partial charge on any atom is 0.213 e. The number of aromatic nitrogens is 1. The second kappa shape index (κ2) is 6.90. The molecule has 1 aromatic carbocycles. The van der Waals surface area contributed by atoms with Gasteiger partial charge in [-0.1, -0.05) is 11.2 Å². The van der Waals surface area contributed by atoms with Gasteiger partial charge in [0, 0.05) is 22.9 Å². The lowest BCUT2D eigenvalue weighted by Gasteiger charge is -2.17. The molecule has 21 heavy (non-hydrogen) atoms. The molecule has 2 N–H and O–H groups in total. The van der Waals surface area contributed by atoms with Crippen molar-refractivity contribution in [3.8, 4) is 5.88 Å². The summed E-state index contributed by atoms with van der Waals surface area (Å²) >= 11 is 0. The molecule has 2 atom stereocenters. The van der Waals surface area contributed by atoms with Crippen LogP contribution in [0.2, 0.25) is 0 Å². The molecule has 7 nitrogen and oxygen atoms in total. The highest BCUT2D eigenvalue weighted by molar-refractivity contribution is 5.79. The average Bonchev–Trinajstić information content (AvgIpc) is 2.53. The Labute approximate surface area is 121 Å². The number of methoxy groups -OCH3 is 1. The molecule has 0 spiro atoms. The highest BCUT2D eigenvalue weighted by atomic mass is 16.5. The van der Waals surface area contributed by atoms with Crippen LogP contribution >= 0.6 is 0 Å². The number of benzene rings is 1. The summed E-state index contributed by atoms with van der Waals surface area (Å²) < 4.78 is 5.05. The Bertz CT molecular complexity index is 670. The van der Waals surface area contributed by atoms with Crippen molar-refractivity contribution in [1.29, 1.82) is 0 Å². The highest BCUT2D eigenvalue weighted by Gasteiger charge is 2.18. The van der Waals surface area contributed by atoms with E-state index in [2.05, 4.69) is 15.0 Å². The second-order valence-corrected chi connectivity index (χ2v) is 4.56. The Balaban J connectivity index is 2.19. The number of hydrogen-bond acceptors (Lipinski definition) is 5. The molecule has 0 saturated carbocycles. The van der Waals surface area contributed by atoms with Crippen molar-refractivity contribution in [2.24, 2.45) is 5.11 Å². The predicted molar refractivity (Wildman–Crippen MR) is 77.9 cm³/mol. The van der Waals surface area contributed by atoms with E-state index in [0.717, 1.165) is 10.9 Å². The molecule has 0 aliphatic rings. The molecule has 0 saturated heterocycles. The quantitative estimate of drug-likeness (QED) is 0.482. The van der Waals surface area contributed by atoms with Gasteiger partial charge in [-0.25, -0.2) is 4.98 Å². The van der Waals surface area contributed by atoms with Crippen LogP contribution < -0.4 is 4.74 Å². The van der Waals surface area contributed by atoms with Gasteiger partial charge in [0.15, 0.2) is 0 Å². The highest BCUT2D eigenvalue weighted by Crippen LogP contribution is 2.24. The summed E-state index contributed by atoms with van der Waals surface area (Å²) in [5.41, 5.74) is 9.52. The largest absolute Gasteiger partial charge is 0.481 e. The van der Waals surface area contributed by atoms with Gasteiger partial charge in [-0.15, -0.1) is 0 Å². The number of aliphatic hydroxyl groups is 2. The van der Waals surface area contributed by atoms with Gasteiger partial charge in [-0.3, -0.25) is 0 Å². The monoisotopic (exact) mass is 288 g/mol. The first-order valence-corrected chi connectivity index (χ1v) is 6.47. The Morgan fingerprint density at radius 2 is 2.14 bits per heavy atom. The normalized spacial score (nSPS) is 13.5. The van der Waals surface area contributed by atoms with Crippen LogP contribution in [-0.2, 0) is 0 Å². The summed E-state index contributed by atoms with van der Waals surface area (Å²) in [5, 5.41) is 24.2. The average molecular weight is 288 g/mol. The zero-order valence-corrected chi connectivity index (χ0v) is 11.5. The van der Waals surface area contributed by atoms with Crippen molar-refractivity contribution in [3.05, 3.63) is 46.3 Å². The molecule has 0 radical (unpaired) electrons. The van der Waals surface area contributed by atoms with Crippen LogP contribution in [0.15, 0.2) is 35.4 Å². The first-order valence-electron chi connectivity index (χ1n) is 6.47. The summed E-state index contributed by atoms with van der Waals surface area (Å²) in [4.78, 5) is 6.89. The number of fused-ring (bicyclic) bond motifs is 1. The SMILES string of the molecule is COc1ccc2cc(C(O)C(O)CCN=[N+]=[N-])ccc2n1. The van der Waals surface area contributed by atoms with Gasteiger partial charge < -0.3 is 14.9 Å². The Morgan fingerprint density at radius 3 is 2.86 bits per heavy atom. The van der Waals surface area contributed by atoms with Crippen molar-refractivity contribution < 1.29 is 14.9 Å². The third kappa shape index (κ3) is 3.61. The fourth-order valence-electron chi connectivity index (χ4n) is 2.04. The zero-order chi connectivity index (χ0) is 15.2. The van der Waals surface area contributed by atoms with Crippen LogP contribution in [0, 0.1) is 0 Å². The van der Waals surface area contributed by atoms with Gasteiger partial charge >= 0.3 is 0 Å². The van der Waals surface area contributed by atoms with Crippen LogP contribution in [0.25, 0.3) is 21.3 Å². The number of azide groups is 1. The van der Waals surface area contributed by atoms with E-state index in [1.54, 1.807) is 31.4 Å². The summed E-state index contributed by atoms with van der Waals surface area (Å²) in [6.07, 6.45) is -1.83. The molecule has 2 aromatic rings. The van der Waals surface area contributed by atoms with Crippen LogP contribution in [0.3, 0.4) is 0 Å². The Kier molecular flexibility index (Phi) is 4.94. The molecule has 0 fully saturated rings. The second-order valence-electron chi connectivity index (χ2n) is 4.56. The Morgan fingerprint density at radius 1 is 1.33 bits per heavy atom. The minimum absolute atomic E-state index is 0.140. The van der Waals surface area contributed by atoms with Crippen molar-refractivity contribution in [1.82, 2.24) is 4.98 Å². The van der Waals surface area contributed by atoms with Gasteiger partial charge in [0.1, 0.15) is 6.10 Å². The van der Waals surface area contributed by atoms with Crippen molar-refractivity contribution in [2.75, 3.05) is 13.7 Å². The number of rotatable bonds is 6. The van der Waals surface area contributed by atoms with Crippen molar-refractivity contribution in [2.45, 2.75) is 18.6 Å². The van der Waals surface area contributed by atoms with Crippen LogP contribution in [-0.4, -0.2) is 35.0 Å². The molecule has 110 valence electrons. The molecule has 7 heteroatoms. The standard InChI is InChI=1S/C14H16N4O3/c1-21-13-5-3-9-8-10(2-4-11(9)17-13)14(20)12(19)6-7-16-18-15/h2-5,8,12,14,19-20H,6-7H2,1H3. The fourth-order valence-corrected chi connectivity index (χ4v) is 2.04. The first kappa shape index (κ1) is 15.1. The van der Waals surface area contributed by atoms with Crippen LogP contribution in [0.1, 0.15) is 18.1 Å².